The maximum absolute atomic E-state index is 9.65. The van der Waals surface area contributed by atoms with Gasteiger partial charge < -0.3 is 4.90 Å². The molecule has 0 aliphatic heterocycles. The molecule has 53 heavy (non-hydrogen) atoms. The first-order chi connectivity index (χ1) is 31.7. The molecule has 9 aromatic carbocycles. The van der Waals surface area contributed by atoms with Gasteiger partial charge in [-0.1, -0.05) is 182 Å². The van der Waals surface area contributed by atoms with Crippen molar-refractivity contribution in [3.63, 3.8) is 0 Å². The van der Waals surface area contributed by atoms with Gasteiger partial charge in [0.05, 0.1) is 23.5 Å². The number of rotatable bonds is 8. The van der Waals surface area contributed by atoms with E-state index >= 15 is 0 Å². The number of hydrogen-bond donors (Lipinski definition) is 0. The summed E-state index contributed by atoms with van der Waals surface area (Å²) < 4.78 is 118. The van der Waals surface area contributed by atoms with Gasteiger partial charge in [-0.25, -0.2) is 0 Å². The molecule has 0 bridgehead atoms. The lowest BCUT2D eigenvalue weighted by atomic mass is 9.96. The van der Waals surface area contributed by atoms with Crippen LogP contribution in [0.1, 0.15) is 17.8 Å². The zero-order valence-electron chi connectivity index (χ0n) is 41.3. The Kier molecular flexibility index (Phi) is 5.62. The highest BCUT2D eigenvalue weighted by Gasteiger charge is 2.18. The number of para-hydroxylation sites is 1. The molecular formula is C52H37N. The molecule has 0 saturated carbocycles. The molecular weight excluding hydrogens is 639 g/mol. The fraction of sp³-hybridized carbons (Fsp3) is 0. The summed E-state index contributed by atoms with van der Waals surface area (Å²) in [4.78, 5) is 1.21. The summed E-state index contributed by atoms with van der Waals surface area (Å²) in [5, 5.41) is 2.09. The van der Waals surface area contributed by atoms with Crippen LogP contribution in [0, 0.1) is 0 Å². The van der Waals surface area contributed by atoms with Gasteiger partial charge in [0, 0.05) is 16.9 Å². The summed E-state index contributed by atoms with van der Waals surface area (Å²) in [6, 6.07) is 37.0. The van der Waals surface area contributed by atoms with Gasteiger partial charge in [0.25, 0.3) is 0 Å². The summed E-state index contributed by atoms with van der Waals surface area (Å²) in [5.41, 5.74) is 3.51. The first-order valence-corrected chi connectivity index (χ1v) is 17.1. The number of benzene rings is 9. The Morgan fingerprint density at radius 3 is 1.51 bits per heavy atom. The Labute approximate surface area is 330 Å². The van der Waals surface area contributed by atoms with E-state index in [1.165, 1.54) is 4.90 Å². The number of fused-ring (bicyclic) bond motifs is 1. The van der Waals surface area contributed by atoms with E-state index in [1.807, 2.05) is 103 Å². The van der Waals surface area contributed by atoms with Crippen molar-refractivity contribution < 1.29 is 17.8 Å². The minimum Gasteiger partial charge on any atom is -0.310 e. The summed E-state index contributed by atoms with van der Waals surface area (Å²) >= 11 is 0. The van der Waals surface area contributed by atoms with E-state index in [1.54, 1.807) is 42.5 Å². The van der Waals surface area contributed by atoms with Gasteiger partial charge in [0.1, 0.15) is 0 Å². The van der Waals surface area contributed by atoms with Crippen molar-refractivity contribution in [2.75, 3.05) is 4.90 Å². The van der Waals surface area contributed by atoms with Crippen LogP contribution in [0.5, 0.6) is 0 Å². The Bertz CT molecular complexity index is 3320. The molecule has 9 rings (SSSR count). The Hall–Kier alpha value is -6.96. The topological polar surface area (TPSA) is 3.24 Å². The van der Waals surface area contributed by atoms with Crippen LogP contribution in [0.3, 0.4) is 0 Å². The molecule has 0 spiro atoms. The molecule has 0 aromatic heterocycles. The lowest BCUT2D eigenvalue weighted by Gasteiger charge is -2.28. The molecule has 0 fully saturated rings. The van der Waals surface area contributed by atoms with E-state index in [4.69, 9.17) is 6.85 Å². The zero-order valence-corrected chi connectivity index (χ0v) is 28.3. The molecule has 0 atom stereocenters. The second-order valence-electron chi connectivity index (χ2n) is 12.4. The Morgan fingerprint density at radius 1 is 0.302 bits per heavy atom. The maximum atomic E-state index is 9.65. The van der Waals surface area contributed by atoms with Gasteiger partial charge in [0.15, 0.2) is 0 Å². The molecule has 9 aromatic rings. The lowest BCUT2D eigenvalue weighted by molar-refractivity contribution is 1.28. The van der Waals surface area contributed by atoms with Gasteiger partial charge in [-0.3, -0.25) is 0 Å². The lowest BCUT2D eigenvalue weighted by Crippen LogP contribution is -2.11. The van der Waals surface area contributed by atoms with E-state index < -0.39 is 95.4 Å². The standard InChI is InChI=1S/C52H37N/c1-3-12-38(13-4-1)41-22-25-44(26-23-41)51-20-9-10-21-52(51)53(49-32-28-42(29-33-49)39-14-5-2-6-15-39)50-34-30-43(31-35-50)46-18-11-19-47(36-46)48-27-24-40-16-7-8-17-45(40)37-48/h1-37H/i2D,5D,6D,14D,15D,28D,29D,30D,31D,32D,33D,34D,35D. The van der Waals surface area contributed by atoms with Crippen LogP contribution in [0.2, 0.25) is 0 Å². The Balaban J connectivity index is 1.29. The first-order valence-electron chi connectivity index (χ1n) is 23.6. The van der Waals surface area contributed by atoms with Crippen LogP contribution < -0.4 is 4.90 Å². The van der Waals surface area contributed by atoms with Crippen molar-refractivity contribution in [2.45, 2.75) is 0 Å². The van der Waals surface area contributed by atoms with Crippen molar-refractivity contribution in [3.05, 3.63) is 224 Å². The minimum absolute atomic E-state index is 0.0113. The van der Waals surface area contributed by atoms with E-state index in [-0.39, 0.29) is 16.9 Å². The van der Waals surface area contributed by atoms with Crippen molar-refractivity contribution in [1.29, 1.82) is 0 Å². The van der Waals surface area contributed by atoms with E-state index in [2.05, 4.69) is 0 Å². The largest absolute Gasteiger partial charge is 0.310 e. The van der Waals surface area contributed by atoms with E-state index in [0.29, 0.717) is 16.7 Å². The van der Waals surface area contributed by atoms with Crippen LogP contribution in [-0.2, 0) is 0 Å². The third-order valence-corrected chi connectivity index (χ3v) is 9.10. The molecule has 0 saturated heterocycles. The summed E-state index contributed by atoms with van der Waals surface area (Å²) in [5.74, 6) is 0. The zero-order chi connectivity index (χ0) is 46.7. The van der Waals surface area contributed by atoms with Crippen LogP contribution in [0.15, 0.2) is 224 Å². The molecule has 0 heterocycles. The molecule has 0 radical (unpaired) electrons. The molecule has 0 aliphatic carbocycles. The van der Waals surface area contributed by atoms with Gasteiger partial charge in [-0.2, -0.15) is 0 Å². The van der Waals surface area contributed by atoms with Crippen LogP contribution in [-0.4, -0.2) is 0 Å². The van der Waals surface area contributed by atoms with Crippen LogP contribution in [0.4, 0.5) is 17.1 Å². The molecule has 0 aliphatic rings. The van der Waals surface area contributed by atoms with Crippen molar-refractivity contribution in [1.82, 2.24) is 0 Å². The second kappa shape index (κ2) is 14.3. The summed E-state index contributed by atoms with van der Waals surface area (Å²) in [7, 11) is 0. The van der Waals surface area contributed by atoms with Gasteiger partial charge in [-0.05, 0) is 103 Å². The molecule has 0 N–H and O–H groups in total. The van der Waals surface area contributed by atoms with Gasteiger partial charge in [0.2, 0.25) is 0 Å². The first kappa shape index (κ1) is 20.8. The van der Waals surface area contributed by atoms with Gasteiger partial charge in [-0.15, -0.1) is 0 Å². The average Bonchev–Trinajstić information content (AvgIpc) is 3.35. The fourth-order valence-corrected chi connectivity index (χ4v) is 6.44. The smallest absolute Gasteiger partial charge is 0.0645 e. The van der Waals surface area contributed by atoms with Crippen molar-refractivity contribution in [3.8, 4) is 55.6 Å². The van der Waals surface area contributed by atoms with E-state index in [0.717, 1.165) is 33.0 Å². The predicted octanol–water partition coefficient (Wildman–Crippen LogP) is 14.6. The molecule has 1 heteroatoms. The number of hydrogen-bond acceptors (Lipinski definition) is 1. The molecule has 0 amide bonds. The van der Waals surface area contributed by atoms with Gasteiger partial charge >= 0.3 is 0 Å². The molecule has 0 unspecified atom stereocenters. The summed E-state index contributed by atoms with van der Waals surface area (Å²) in [6.07, 6.45) is 0. The van der Waals surface area contributed by atoms with Crippen LogP contribution in [0.25, 0.3) is 66.4 Å². The molecule has 1 nitrogen and oxygen atoms in total. The second-order valence-corrected chi connectivity index (χ2v) is 12.4. The highest BCUT2D eigenvalue weighted by Crippen LogP contribution is 2.42. The van der Waals surface area contributed by atoms with Crippen molar-refractivity contribution >= 4 is 27.8 Å². The minimum atomic E-state index is -0.739. The highest BCUT2D eigenvalue weighted by molar-refractivity contribution is 5.90. The normalized spacial score (nSPS) is 14.5. The quantitative estimate of drug-likeness (QED) is 0.154. The fourth-order valence-electron chi connectivity index (χ4n) is 6.44. The molecule has 250 valence electrons. The highest BCUT2D eigenvalue weighted by atomic mass is 15.1. The SMILES string of the molecule is [2H]c1c([2H])c([2H])c(-c2c([2H])c([2H])c(N(c3ccccc3-c3ccc(-c4ccccc4)cc3)c3c([2H])c([2H])c(-c4cccc(-c5ccc6ccccc6c5)c4)c([2H])c3[2H])c([2H])c2[2H])c([2H])c1[2H]. The predicted molar refractivity (Wildman–Crippen MR) is 226 cm³/mol. The Morgan fingerprint density at radius 2 is 0.792 bits per heavy atom. The maximum Gasteiger partial charge on any atom is 0.0645 e. The average molecular weight is 689 g/mol. The monoisotopic (exact) mass is 688 g/mol. The van der Waals surface area contributed by atoms with Crippen molar-refractivity contribution in [2.24, 2.45) is 0 Å². The third-order valence-electron chi connectivity index (χ3n) is 9.10. The van der Waals surface area contributed by atoms with E-state index in [9.17, 15) is 11.0 Å². The summed E-state index contributed by atoms with van der Waals surface area (Å²) in [6.45, 7) is 0. The number of nitrogens with zero attached hydrogens (tertiary/aromatic N) is 1. The van der Waals surface area contributed by atoms with Crippen LogP contribution >= 0.6 is 0 Å². The number of anilines is 3. The third kappa shape index (κ3) is 6.65.